The van der Waals surface area contributed by atoms with E-state index in [1.807, 2.05) is 0 Å². The molecule has 5 nitrogen and oxygen atoms in total. The predicted molar refractivity (Wildman–Crippen MR) is 79.4 cm³/mol. The number of nitrogens with one attached hydrogen (secondary N) is 1. The number of hydrogen-bond acceptors (Lipinski definition) is 3. The van der Waals surface area contributed by atoms with E-state index in [-0.39, 0.29) is 5.69 Å². The molecule has 0 bridgehead atoms. The molecule has 108 valence electrons. The molecule has 3 amide bonds. The van der Waals surface area contributed by atoms with Crippen LogP contribution in [0.3, 0.4) is 0 Å². The van der Waals surface area contributed by atoms with E-state index in [0.717, 1.165) is 11.0 Å². The zero-order valence-corrected chi connectivity index (χ0v) is 11.3. The summed E-state index contributed by atoms with van der Waals surface area (Å²) in [5.74, 6) is -0.958. The van der Waals surface area contributed by atoms with Crippen LogP contribution in [0.4, 0.5) is 26.2 Å². The highest BCUT2D eigenvalue weighted by Crippen LogP contribution is 2.19. The summed E-state index contributed by atoms with van der Waals surface area (Å²) in [6.45, 7) is 1.26. The molecule has 3 N–H and O–H groups in total. The Balaban J connectivity index is 2.26. The van der Waals surface area contributed by atoms with Crippen molar-refractivity contribution in [1.29, 1.82) is 0 Å². The van der Waals surface area contributed by atoms with Crippen molar-refractivity contribution in [3.63, 3.8) is 0 Å². The summed E-state index contributed by atoms with van der Waals surface area (Å²) < 4.78 is 13.1. The maximum atomic E-state index is 13.1. The monoisotopic (exact) mass is 287 g/mol. The van der Waals surface area contributed by atoms with Gasteiger partial charge in [-0.3, -0.25) is 4.79 Å². The Hall–Kier alpha value is -2.89. The molecule has 0 aromatic heterocycles. The standard InChI is InChI=1S/C15H14FN3O2/c1-10(20)19(14-7-3-5-12(17)9-14)15(21)18-13-6-2-4-11(16)8-13/h2-9H,17H2,1H3,(H,18,21). The third kappa shape index (κ3) is 3.56. The number of nitrogens with two attached hydrogens (primary N) is 1. The van der Waals surface area contributed by atoms with Gasteiger partial charge in [0.1, 0.15) is 5.82 Å². The van der Waals surface area contributed by atoms with Crippen LogP contribution in [0.15, 0.2) is 48.5 Å². The number of halogens is 1. The quantitative estimate of drug-likeness (QED) is 0.834. The van der Waals surface area contributed by atoms with E-state index in [0.29, 0.717) is 11.4 Å². The number of carbonyl (C=O) groups is 2. The van der Waals surface area contributed by atoms with E-state index in [1.165, 1.54) is 31.2 Å². The van der Waals surface area contributed by atoms with Gasteiger partial charge < -0.3 is 11.1 Å². The van der Waals surface area contributed by atoms with E-state index in [2.05, 4.69) is 5.32 Å². The van der Waals surface area contributed by atoms with Crippen LogP contribution >= 0.6 is 0 Å². The third-order valence-electron chi connectivity index (χ3n) is 2.72. The molecule has 0 unspecified atom stereocenters. The number of amides is 3. The Morgan fingerprint density at radius 2 is 1.86 bits per heavy atom. The first-order chi connectivity index (χ1) is 9.97. The highest BCUT2D eigenvalue weighted by Gasteiger charge is 2.20. The van der Waals surface area contributed by atoms with Crippen LogP contribution in [0.2, 0.25) is 0 Å². The molecule has 0 heterocycles. The number of imide groups is 1. The van der Waals surface area contributed by atoms with Gasteiger partial charge in [-0.1, -0.05) is 12.1 Å². The molecule has 0 radical (unpaired) electrons. The fraction of sp³-hybridized carbons (Fsp3) is 0.0667. The van der Waals surface area contributed by atoms with Crippen molar-refractivity contribution in [3.05, 3.63) is 54.3 Å². The first-order valence-corrected chi connectivity index (χ1v) is 6.20. The van der Waals surface area contributed by atoms with Gasteiger partial charge in [0.05, 0.1) is 5.69 Å². The second-order valence-electron chi connectivity index (χ2n) is 4.39. The minimum atomic E-state index is -0.682. The summed E-state index contributed by atoms with van der Waals surface area (Å²) in [4.78, 5) is 24.8. The van der Waals surface area contributed by atoms with Gasteiger partial charge in [0.2, 0.25) is 5.91 Å². The van der Waals surface area contributed by atoms with Gasteiger partial charge in [-0.25, -0.2) is 14.1 Å². The lowest BCUT2D eigenvalue weighted by molar-refractivity contribution is -0.115. The average Bonchev–Trinajstić information content (AvgIpc) is 2.38. The van der Waals surface area contributed by atoms with Gasteiger partial charge in [-0.05, 0) is 36.4 Å². The number of anilines is 3. The first kappa shape index (κ1) is 14.5. The Morgan fingerprint density at radius 3 is 2.48 bits per heavy atom. The Bertz CT molecular complexity index is 688. The molecule has 2 rings (SSSR count). The summed E-state index contributed by atoms with van der Waals surface area (Å²) in [5, 5.41) is 2.47. The number of carbonyl (C=O) groups excluding carboxylic acids is 2. The van der Waals surface area contributed by atoms with Gasteiger partial charge in [0, 0.05) is 18.3 Å². The number of benzene rings is 2. The summed E-state index contributed by atoms with van der Waals surface area (Å²) >= 11 is 0. The lowest BCUT2D eigenvalue weighted by Crippen LogP contribution is -2.38. The Labute approximate surface area is 121 Å². The van der Waals surface area contributed by atoms with Gasteiger partial charge in [-0.2, -0.15) is 0 Å². The zero-order chi connectivity index (χ0) is 15.4. The number of nitrogen functional groups attached to an aromatic ring is 1. The highest BCUT2D eigenvalue weighted by atomic mass is 19.1. The minimum Gasteiger partial charge on any atom is -0.399 e. The molecule has 0 atom stereocenters. The first-order valence-electron chi connectivity index (χ1n) is 6.20. The summed E-state index contributed by atoms with van der Waals surface area (Å²) in [7, 11) is 0. The molecule has 0 aliphatic heterocycles. The summed E-state index contributed by atoms with van der Waals surface area (Å²) in [6, 6.07) is 11.1. The average molecular weight is 287 g/mol. The number of hydrogen-bond donors (Lipinski definition) is 2. The van der Waals surface area contributed by atoms with Crippen LogP contribution in [0.1, 0.15) is 6.92 Å². The summed E-state index contributed by atoms with van der Waals surface area (Å²) in [5.41, 5.74) is 6.68. The third-order valence-corrected chi connectivity index (χ3v) is 2.72. The lowest BCUT2D eigenvalue weighted by Gasteiger charge is -2.20. The topological polar surface area (TPSA) is 75.4 Å². The van der Waals surface area contributed by atoms with Crippen molar-refractivity contribution in [1.82, 2.24) is 0 Å². The predicted octanol–water partition coefficient (Wildman–Crippen LogP) is 2.99. The van der Waals surface area contributed by atoms with E-state index >= 15 is 0 Å². The van der Waals surface area contributed by atoms with Crippen LogP contribution in [-0.2, 0) is 4.79 Å². The largest absolute Gasteiger partial charge is 0.399 e. The molecule has 0 saturated carbocycles. The SMILES string of the molecule is CC(=O)N(C(=O)Nc1cccc(F)c1)c1cccc(N)c1. The van der Waals surface area contributed by atoms with E-state index in [4.69, 9.17) is 5.73 Å². The van der Waals surface area contributed by atoms with Crippen LogP contribution < -0.4 is 16.0 Å². The molecule has 0 saturated heterocycles. The van der Waals surface area contributed by atoms with Crippen molar-refractivity contribution in [2.24, 2.45) is 0 Å². The normalized spacial score (nSPS) is 10.0. The molecule has 0 spiro atoms. The smallest absolute Gasteiger partial charge is 0.333 e. The second-order valence-corrected chi connectivity index (χ2v) is 4.39. The molecule has 2 aromatic carbocycles. The van der Waals surface area contributed by atoms with E-state index < -0.39 is 17.8 Å². The molecule has 6 heteroatoms. The second kappa shape index (κ2) is 6.04. The molecular weight excluding hydrogens is 273 g/mol. The van der Waals surface area contributed by atoms with Crippen molar-refractivity contribution >= 4 is 29.0 Å². The van der Waals surface area contributed by atoms with Gasteiger partial charge in [0.25, 0.3) is 0 Å². The lowest BCUT2D eigenvalue weighted by atomic mass is 10.2. The Kier molecular flexibility index (Phi) is 4.18. The fourth-order valence-electron chi connectivity index (χ4n) is 1.85. The molecule has 0 fully saturated rings. The van der Waals surface area contributed by atoms with E-state index in [9.17, 15) is 14.0 Å². The Morgan fingerprint density at radius 1 is 1.14 bits per heavy atom. The van der Waals surface area contributed by atoms with Gasteiger partial charge in [-0.15, -0.1) is 0 Å². The molecule has 2 aromatic rings. The minimum absolute atomic E-state index is 0.259. The van der Waals surface area contributed by atoms with Crippen LogP contribution in [-0.4, -0.2) is 11.9 Å². The number of urea groups is 1. The molecule has 0 aliphatic carbocycles. The molecule has 0 aliphatic rings. The van der Waals surface area contributed by atoms with Crippen molar-refractivity contribution in [3.8, 4) is 0 Å². The van der Waals surface area contributed by atoms with Gasteiger partial charge in [0.15, 0.2) is 0 Å². The maximum Gasteiger partial charge on any atom is 0.333 e. The number of rotatable bonds is 2. The summed E-state index contributed by atoms with van der Waals surface area (Å²) in [6.07, 6.45) is 0. The van der Waals surface area contributed by atoms with Crippen molar-refractivity contribution in [2.45, 2.75) is 6.92 Å². The molecular formula is C15H14FN3O2. The maximum absolute atomic E-state index is 13.1. The van der Waals surface area contributed by atoms with E-state index in [1.54, 1.807) is 18.2 Å². The number of nitrogens with zero attached hydrogens (tertiary/aromatic N) is 1. The van der Waals surface area contributed by atoms with Crippen molar-refractivity contribution in [2.75, 3.05) is 16.0 Å². The van der Waals surface area contributed by atoms with Gasteiger partial charge >= 0.3 is 6.03 Å². The van der Waals surface area contributed by atoms with Crippen LogP contribution in [0.25, 0.3) is 0 Å². The van der Waals surface area contributed by atoms with Crippen molar-refractivity contribution < 1.29 is 14.0 Å². The highest BCUT2D eigenvalue weighted by molar-refractivity contribution is 6.17. The van der Waals surface area contributed by atoms with Crippen LogP contribution in [0.5, 0.6) is 0 Å². The molecule has 21 heavy (non-hydrogen) atoms. The zero-order valence-electron chi connectivity index (χ0n) is 11.3. The van der Waals surface area contributed by atoms with Crippen LogP contribution in [0, 0.1) is 5.82 Å². The fourth-order valence-corrected chi connectivity index (χ4v) is 1.85.